The van der Waals surface area contributed by atoms with Gasteiger partial charge in [0.05, 0.1) is 46.3 Å². The van der Waals surface area contributed by atoms with Crippen LogP contribution in [0, 0.1) is 0 Å². The van der Waals surface area contributed by atoms with Crippen molar-refractivity contribution in [1.82, 2.24) is 0 Å². The summed E-state index contributed by atoms with van der Waals surface area (Å²) in [6.45, 7) is 1.89. The van der Waals surface area contributed by atoms with Gasteiger partial charge in [-0.05, 0) is 30.7 Å². The van der Waals surface area contributed by atoms with Gasteiger partial charge in [0.2, 0.25) is 5.91 Å². The summed E-state index contributed by atoms with van der Waals surface area (Å²) >= 11 is 0. The van der Waals surface area contributed by atoms with Crippen molar-refractivity contribution >= 4 is 23.6 Å². The Kier molecular flexibility index (Phi) is 8.10. The van der Waals surface area contributed by atoms with Crippen molar-refractivity contribution in [3.8, 4) is 23.0 Å². The molecule has 0 atom stereocenters. The maximum atomic E-state index is 12.5. The number of carbonyl (C=O) groups is 2. The highest BCUT2D eigenvalue weighted by molar-refractivity contribution is 6.07. The average molecular weight is 415 g/mol. The molecule has 2 rings (SSSR count). The van der Waals surface area contributed by atoms with Crippen molar-refractivity contribution in [2.24, 2.45) is 0 Å². The van der Waals surface area contributed by atoms with E-state index >= 15 is 0 Å². The number of benzene rings is 2. The average Bonchev–Trinajstić information content (AvgIpc) is 2.77. The van der Waals surface area contributed by atoms with E-state index in [-0.39, 0.29) is 17.9 Å². The Labute approximate surface area is 175 Å². The van der Waals surface area contributed by atoms with E-state index in [9.17, 15) is 9.59 Å². The molecule has 2 aromatic rings. The van der Waals surface area contributed by atoms with Crippen molar-refractivity contribution in [2.75, 3.05) is 40.4 Å². The first-order valence-electron chi connectivity index (χ1n) is 9.11. The number of hydrogen-bond donors (Lipinski definition) is 1. The first kappa shape index (κ1) is 22.6. The molecule has 160 valence electrons. The zero-order valence-electron chi connectivity index (χ0n) is 17.6. The molecule has 1 N–H and O–H groups in total. The first-order valence-corrected chi connectivity index (χ1v) is 9.11. The number of hydrogen-bond acceptors (Lipinski definition) is 7. The predicted octanol–water partition coefficient (Wildman–Crippen LogP) is 3.55. The highest BCUT2D eigenvalue weighted by Crippen LogP contribution is 2.34. The summed E-state index contributed by atoms with van der Waals surface area (Å²) in [7, 11) is 6.00. The monoisotopic (exact) mass is 415 g/mol. The maximum absolute atomic E-state index is 12.5. The summed E-state index contributed by atoms with van der Waals surface area (Å²) < 4.78 is 26.0. The zero-order valence-corrected chi connectivity index (χ0v) is 17.6. The minimum atomic E-state index is -0.586. The molecule has 0 heterocycles. The summed E-state index contributed by atoms with van der Waals surface area (Å²) in [4.78, 5) is 24.8. The second kappa shape index (κ2) is 10.8. The van der Waals surface area contributed by atoms with Crippen LogP contribution in [0.3, 0.4) is 0 Å². The third kappa shape index (κ3) is 5.44. The van der Waals surface area contributed by atoms with Gasteiger partial charge in [-0.1, -0.05) is 6.07 Å². The molecule has 0 unspecified atom stereocenters. The SMILES string of the molecule is CCOC(=O)c1cc(OC)c(OC)cc1NC(=O)/C=C/c1ccc(OC)c(OC)c1. The van der Waals surface area contributed by atoms with Gasteiger partial charge in [0.15, 0.2) is 23.0 Å². The Morgan fingerprint density at radius 2 is 1.47 bits per heavy atom. The Balaban J connectivity index is 2.28. The van der Waals surface area contributed by atoms with Crippen molar-refractivity contribution in [3.05, 3.63) is 47.5 Å². The molecule has 8 nitrogen and oxygen atoms in total. The minimum Gasteiger partial charge on any atom is -0.493 e. The van der Waals surface area contributed by atoms with E-state index in [1.807, 2.05) is 0 Å². The van der Waals surface area contributed by atoms with Crippen LogP contribution in [0.4, 0.5) is 5.69 Å². The van der Waals surface area contributed by atoms with Gasteiger partial charge in [-0.25, -0.2) is 4.79 Å². The highest BCUT2D eigenvalue weighted by atomic mass is 16.5. The summed E-state index contributed by atoms with van der Waals surface area (Å²) in [5.74, 6) is 0.817. The second-order valence-electron chi connectivity index (χ2n) is 5.91. The van der Waals surface area contributed by atoms with E-state index in [4.69, 9.17) is 23.7 Å². The van der Waals surface area contributed by atoms with Gasteiger partial charge in [0, 0.05) is 18.2 Å². The number of esters is 1. The summed E-state index contributed by atoms with van der Waals surface area (Å²) in [5.41, 5.74) is 1.14. The smallest absolute Gasteiger partial charge is 0.340 e. The van der Waals surface area contributed by atoms with E-state index in [1.54, 1.807) is 38.3 Å². The molecule has 0 fully saturated rings. The van der Waals surface area contributed by atoms with Crippen molar-refractivity contribution in [1.29, 1.82) is 0 Å². The van der Waals surface area contributed by atoms with Gasteiger partial charge in [-0.3, -0.25) is 4.79 Å². The Bertz CT molecular complexity index is 937. The van der Waals surface area contributed by atoms with Gasteiger partial charge < -0.3 is 29.0 Å². The normalized spacial score (nSPS) is 10.4. The van der Waals surface area contributed by atoms with Crippen LogP contribution in [-0.2, 0) is 9.53 Å². The number of carbonyl (C=O) groups excluding carboxylic acids is 2. The van der Waals surface area contributed by atoms with E-state index in [2.05, 4.69) is 5.32 Å². The van der Waals surface area contributed by atoms with E-state index in [0.29, 0.717) is 23.0 Å². The fourth-order valence-corrected chi connectivity index (χ4v) is 2.66. The molecule has 0 saturated carbocycles. The van der Waals surface area contributed by atoms with Crippen molar-refractivity contribution in [2.45, 2.75) is 6.92 Å². The molecular weight excluding hydrogens is 390 g/mol. The second-order valence-corrected chi connectivity index (χ2v) is 5.91. The molecule has 0 aliphatic heterocycles. The van der Waals surface area contributed by atoms with Gasteiger partial charge in [-0.15, -0.1) is 0 Å². The lowest BCUT2D eigenvalue weighted by atomic mass is 10.1. The van der Waals surface area contributed by atoms with Crippen LogP contribution in [0.15, 0.2) is 36.4 Å². The molecule has 0 aromatic heterocycles. The van der Waals surface area contributed by atoms with Gasteiger partial charge in [0.25, 0.3) is 0 Å². The molecule has 2 aromatic carbocycles. The fraction of sp³-hybridized carbons (Fsp3) is 0.273. The lowest BCUT2D eigenvalue weighted by molar-refractivity contribution is -0.111. The quantitative estimate of drug-likeness (QED) is 0.495. The summed E-state index contributed by atoms with van der Waals surface area (Å²) in [6, 6.07) is 8.23. The van der Waals surface area contributed by atoms with Crippen molar-refractivity contribution < 1.29 is 33.3 Å². The van der Waals surface area contributed by atoms with Crippen LogP contribution in [0.5, 0.6) is 23.0 Å². The number of anilines is 1. The summed E-state index contributed by atoms with van der Waals surface area (Å²) in [6.07, 6.45) is 2.95. The van der Waals surface area contributed by atoms with Gasteiger partial charge in [-0.2, -0.15) is 0 Å². The molecular formula is C22H25NO7. The lowest BCUT2D eigenvalue weighted by Gasteiger charge is -2.14. The maximum Gasteiger partial charge on any atom is 0.340 e. The molecule has 0 saturated heterocycles. The number of nitrogens with one attached hydrogen (secondary N) is 1. The lowest BCUT2D eigenvalue weighted by Crippen LogP contribution is -2.14. The van der Waals surface area contributed by atoms with E-state index in [1.165, 1.54) is 39.5 Å². The third-order valence-corrected chi connectivity index (χ3v) is 4.11. The van der Waals surface area contributed by atoms with Crippen LogP contribution in [0.2, 0.25) is 0 Å². The van der Waals surface area contributed by atoms with Crippen LogP contribution in [0.1, 0.15) is 22.8 Å². The topological polar surface area (TPSA) is 92.3 Å². The number of rotatable bonds is 9. The Morgan fingerprint density at radius 1 is 0.867 bits per heavy atom. The van der Waals surface area contributed by atoms with Crippen LogP contribution < -0.4 is 24.3 Å². The zero-order chi connectivity index (χ0) is 22.1. The molecule has 0 aliphatic rings. The Morgan fingerprint density at radius 3 is 2.07 bits per heavy atom. The van der Waals surface area contributed by atoms with E-state index < -0.39 is 11.9 Å². The number of amides is 1. The standard InChI is InChI=1S/C22H25NO7/c1-6-30-22(25)15-12-19(28-4)20(29-5)13-16(15)23-21(24)10-8-14-7-9-17(26-2)18(11-14)27-3/h7-13H,6H2,1-5H3,(H,23,24)/b10-8+. The molecule has 0 aliphatic carbocycles. The molecule has 0 radical (unpaired) electrons. The fourth-order valence-electron chi connectivity index (χ4n) is 2.66. The molecule has 1 amide bonds. The van der Waals surface area contributed by atoms with E-state index in [0.717, 1.165) is 5.56 Å². The van der Waals surface area contributed by atoms with Crippen LogP contribution >= 0.6 is 0 Å². The van der Waals surface area contributed by atoms with Crippen molar-refractivity contribution in [3.63, 3.8) is 0 Å². The largest absolute Gasteiger partial charge is 0.493 e. The third-order valence-electron chi connectivity index (χ3n) is 4.11. The van der Waals surface area contributed by atoms with Crippen LogP contribution in [-0.4, -0.2) is 46.9 Å². The molecule has 8 heteroatoms. The van der Waals surface area contributed by atoms with Gasteiger partial charge in [0.1, 0.15) is 0 Å². The Hall–Kier alpha value is -3.68. The first-order chi connectivity index (χ1) is 14.5. The minimum absolute atomic E-state index is 0.155. The predicted molar refractivity (Wildman–Crippen MR) is 113 cm³/mol. The van der Waals surface area contributed by atoms with Gasteiger partial charge >= 0.3 is 5.97 Å². The molecule has 0 bridgehead atoms. The molecule has 0 spiro atoms. The number of methoxy groups -OCH3 is 4. The summed E-state index contributed by atoms with van der Waals surface area (Å²) in [5, 5.41) is 2.68. The van der Waals surface area contributed by atoms with Crippen LogP contribution in [0.25, 0.3) is 6.08 Å². The highest BCUT2D eigenvalue weighted by Gasteiger charge is 2.19. The molecule has 30 heavy (non-hydrogen) atoms. The number of ether oxygens (including phenoxy) is 5.